The van der Waals surface area contributed by atoms with Crippen molar-refractivity contribution in [1.82, 2.24) is 4.90 Å². The number of carbonyl (C=O) groups is 3. The van der Waals surface area contributed by atoms with Gasteiger partial charge in [0.15, 0.2) is 11.9 Å². The largest absolute Gasteiger partial charge is 0.481 e. The standard InChI is InChI=1S/C17H21NO5/c1-10-8-18(9-15(10)17(21)22)16(20)12(3)23-14-6-4-5-13(7-14)11(2)19/h4-7,10,12,15H,8-9H2,1-3H3,(H,21,22)/t10-,12?,15-/m1/s1. The molecular weight excluding hydrogens is 298 g/mol. The molecule has 3 atom stereocenters. The summed E-state index contributed by atoms with van der Waals surface area (Å²) < 4.78 is 5.62. The predicted molar refractivity (Wildman–Crippen MR) is 83.4 cm³/mol. The van der Waals surface area contributed by atoms with E-state index < -0.39 is 18.0 Å². The molecule has 1 amide bonds. The molecule has 1 N–H and O–H groups in total. The molecule has 1 aliphatic heterocycles. The number of Topliss-reactive ketones (excluding diaryl/α,β-unsaturated/α-hetero) is 1. The molecule has 1 heterocycles. The lowest BCUT2D eigenvalue weighted by Gasteiger charge is -2.21. The zero-order valence-electron chi connectivity index (χ0n) is 13.5. The minimum Gasteiger partial charge on any atom is -0.481 e. The van der Waals surface area contributed by atoms with Gasteiger partial charge in [0.2, 0.25) is 0 Å². The van der Waals surface area contributed by atoms with E-state index >= 15 is 0 Å². The first-order valence-corrected chi connectivity index (χ1v) is 7.59. The van der Waals surface area contributed by atoms with Gasteiger partial charge in [-0.05, 0) is 31.9 Å². The lowest BCUT2D eigenvalue weighted by atomic mass is 9.99. The summed E-state index contributed by atoms with van der Waals surface area (Å²) in [6, 6.07) is 6.66. The summed E-state index contributed by atoms with van der Waals surface area (Å²) in [6.07, 6.45) is -0.739. The third kappa shape index (κ3) is 3.88. The third-order valence-corrected chi connectivity index (χ3v) is 4.14. The van der Waals surface area contributed by atoms with E-state index in [4.69, 9.17) is 9.84 Å². The fourth-order valence-electron chi connectivity index (χ4n) is 2.77. The fourth-order valence-corrected chi connectivity index (χ4v) is 2.77. The van der Waals surface area contributed by atoms with Crippen molar-refractivity contribution in [2.24, 2.45) is 11.8 Å². The Morgan fingerprint density at radius 2 is 2.00 bits per heavy atom. The third-order valence-electron chi connectivity index (χ3n) is 4.14. The number of amides is 1. The maximum Gasteiger partial charge on any atom is 0.308 e. The number of hydrogen-bond acceptors (Lipinski definition) is 4. The summed E-state index contributed by atoms with van der Waals surface area (Å²) >= 11 is 0. The molecule has 6 nitrogen and oxygen atoms in total. The van der Waals surface area contributed by atoms with Crippen LogP contribution in [0.1, 0.15) is 31.1 Å². The van der Waals surface area contributed by atoms with Crippen molar-refractivity contribution in [3.63, 3.8) is 0 Å². The fraction of sp³-hybridized carbons (Fsp3) is 0.471. The highest BCUT2D eigenvalue weighted by Gasteiger charge is 2.38. The number of likely N-dealkylation sites (tertiary alicyclic amines) is 1. The molecule has 0 aliphatic carbocycles. The Bertz CT molecular complexity index is 627. The van der Waals surface area contributed by atoms with E-state index in [9.17, 15) is 14.4 Å². The van der Waals surface area contributed by atoms with Gasteiger partial charge in [-0.15, -0.1) is 0 Å². The number of ketones is 1. The van der Waals surface area contributed by atoms with E-state index in [1.165, 1.54) is 11.8 Å². The molecule has 2 rings (SSSR count). The molecule has 124 valence electrons. The zero-order valence-corrected chi connectivity index (χ0v) is 13.5. The molecular formula is C17H21NO5. The van der Waals surface area contributed by atoms with Gasteiger partial charge in [0, 0.05) is 18.7 Å². The normalized spacial score (nSPS) is 21.8. The van der Waals surface area contributed by atoms with Crippen LogP contribution in [-0.2, 0) is 9.59 Å². The molecule has 1 aromatic rings. The second kappa shape index (κ2) is 6.81. The molecule has 0 saturated carbocycles. The molecule has 1 aliphatic rings. The van der Waals surface area contributed by atoms with Crippen molar-refractivity contribution < 1.29 is 24.2 Å². The van der Waals surface area contributed by atoms with Crippen LogP contribution in [0.4, 0.5) is 0 Å². The first kappa shape index (κ1) is 17.0. The summed E-state index contributed by atoms with van der Waals surface area (Å²) in [4.78, 5) is 36.5. The Labute approximate surface area is 135 Å². The van der Waals surface area contributed by atoms with Gasteiger partial charge in [-0.2, -0.15) is 0 Å². The Hall–Kier alpha value is -2.37. The molecule has 0 radical (unpaired) electrons. The molecule has 1 aromatic carbocycles. The van der Waals surface area contributed by atoms with Crippen molar-refractivity contribution in [3.05, 3.63) is 29.8 Å². The van der Waals surface area contributed by atoms with E-state index in [2.05, 4.69) is 0 Å². The average Bonchev–Trinajstić information content (AvgIpc) is 2.88. The number of carbonyl (C=O) groups excluding carboxylic acids is 2. The van der Waals surface area contributed by atoms with Gasteiger partial charge in [0.05, 0.1) is 5.92 Å². The van der Waals surface area contributed by atoms with Crippen LogP contribution in [0, 0.1) is 11.8 Å². The monoisotopic (exact) mass is 319 g/mol. The number of aliphatic carboxylic acids is 1. The molecule has 23 heavy (non-hydrogen) atoms. The van der Waals surface area contributed by atoms with Gasteiger partial charge in [-0.25, -0.2) is 0 Å². The van der Waals surface area contributed by atoms with Gasteiger partial charge in [-0.1, -0.05) is 19.1 Å². The molecule has 6 heteroatoms. The van der Waals surface area contributed by atoms with Gasteiger partial charge in [0.25, 0.3) is 5.91 Å². The summed E-state index contributed by atoms with van der Waals surface area (Å²) in [6.45, 7) is 5.54. The van der Waals surface area contributed by atoms with E-state index in [-0.39, 0.29) is 24.2 Å². The summed E-state index contributed by atoms with van der Waals surface area (Å²) in [7, 11) is 0. The van der Waals surface area contributed by atoms with E-state index in [1.54, 1.807) is 31.2 Å². The average molecular weight is 319 g/mol. The molecule has 1 saturated heterocycles. The van der Waals surface area contributed by atoms with Crippen LogP contribution < -0.4 is 4.74 Å². The highest BCUT2D eigenvalue weighted by Crippen LogP contribution is 2.24. The topological polar surface area (TPSA) is 83.9 Å². The number of benzene rings is 1. The van der Waals surface area contributed by atoms with Crippen molar-refractivity contribution in [3.8, 4) is 5.75 Å². The van der Waals surface area contributed by atoms with Crippen LogP contribution in [0.2, 0.25) is 0 Å². The van der Waals surface area contributed by atoms with Crippen LogP contribution >= 0.6 is 0 Å². The first-order valence-electron chi connectivity index (χ1n) is 7.59. The van der Waals surface area contributed by atoms with Gasteiger partial charge < -0.3 is 14.7 Å². The number of nitrogens with zero attached hydrogens (tertiary/aromatic N) is 1. The summed E-state index contributed by atoms with van der Waals surface area (Å²) in [5.74, 6) is -1.37. The molecule has 0 bridgehead atoms. The summed E-state index contributed by atoms with van der Waals surface area (Å²) in [5.41, 5.74) is 0.517. The lowest BCUT2D eigenvalue weighted by Crippen LogP contribution is -2.39. The molecule has 0 spiro atoms. The van der Waals surface area contributed by atoms with Crippen molar-refractivity contribution in [2.75, 3.05) is 13.1 Å². The van der Waals surface area contributed by atoms with Crippen molar-refractivity contribution in [2.45, 2.75) is 26.9 Å². The smallest absolute Gasteiger partial charge is 0.308 e. The van der Waals surface area contributed by atoms with Crippen molar-refractivity contribution in [1.29, 1.82) is 0 Å². The van der Waals surface area contributed by atoms with Gasteiger partial charge in [0.1, 0.15) is 5.75 Å². The Balaban J connectivity index is 2.02. The maximum absolute atomic E-state index is 12.4. The Morgan fingerprint density at radius 1 is 1.30 bits per heavy atom. The number of ether oxygens (including phenoxy) is 1. The molecule has 0 aromatic heterocycles. The SMILES string of the molecule is CC(=O)c1cccc(OC(C)C(=O)N2C[C@@H](C)[C@H](C(=O)O)C2)c1. The van der Waals surface area contributed by atoms with Crippen LogP contribution in [0.3, 0.4) is 0 Å². The van der Waals surface area contributed by atoms with E-state index in [0.29, 0.717) is 17.9 Å². The highest BCUT2D eigenvalue weighted by atomic mass is 16.5. The Kier molecular flexibility index (Phi) is 5.03. The van der Waals surface area contributed by atoms with Gasteiger partial charge in [-0.3, -0.25) is 14.4 Å². The van der Waals surface area contributed by atoms with E-state index in [1.807, 2.05) is 6.92 Å². The second-order valence-electron chi connectivity index (χ2n) is 6.01. The molecule has 1 unspecified atom stereocenters. The summed E-state index contributed by atoms with van der Waals surface area (Å²) in [5, 5.41) is 9.14. The number of rotatable bonds is 5. The maximum atomic E-state index is 12.4. The predicted octanol–water partition coefficient (Wildman–Crippen LogP) is 1.84. The highest BCUT2D eigenvalue weighted by molar-refractivity contribution is 5.94. The number of carboxylic acids is 1. The quantitative estimate of drug-likeness (QED) is 0.837. The van der Waals surface area contributed by atoms with Crippen LogP contribution in [0.15, 0.2) is 24.3 Å². The van der Waals surface area contributed by atoms with Crippen LogP contribution in [0.5, 0.6) is 5.75 Å². The minimum absolute atomic E-state index is 0.0768. The van der Waals surface area contributed by atoms with Gasteiger partial charge >= 0.3 is 5.97 Å². The minimum atomic E-state index is -0.879. The number of hydrogen-bond donors (Lipinski definition) is 1. The zero-order chi connectivity index (χ0) is 17.1. The van der Waals surface area contributed by atoms with Crippen LogP contribution in [0.25, 0.3) is 0 Å². The number of carboxylic acid groups (broad SMARTS) is 1. The molecule has 1 fully saturated rings. The Morgan fingerprint density at radius 3 is 2.57 bits per heavy atom. The van der Waals surface area contributed by atoms with Crippen molar-refractivity contribution >= 4 is 17.7 Å². The van der Waals surface area contributed by atoms with E-state index in [0.717, 1.165) is 0 Å². The first-order chi connectivity index (χ1) is 10.8. The lowest BCUT2D eigenvalue weighted by molar-refractivity contribution is -0.142. The van der Waals surface area contributed by atoms with Crippen LogP contribution in [-0.4, -0.2) is 46.9 Å². The second-order valence-corrected chi connectivity index (χ2v) is 6.01.